The number of aliphatic hydroxyl groups is 1. The number of carbonyl (C=O) groups is 1. The monoisotopic (exact) mass is 489 g/mol. The van der Waals surface area contributed by atoms with Crippen molar-refractivity contribution >= 4 is 23.2 Å². The molecule has 0 spiro atoms. The minimum atomic E-state index is -0.808. The van der Waals surface area contributed by atoms with E-state index in [9.17, 15) is 14.3 Å². The average Bonchev–Trinajstić information content (AvgIpc) is 3.15. The molecule has 2 aliphatic heterocycles. The molecule has 184 valence electrons. The Morgan fingerprint density at radius 1 is 1.19 bits per heavy atom. The van der Waals surface area contributed by atoms with Crippen LogP contribution < -0.4 is 14.5 Å². The number of amides is 1. The van der Waals surface area contributed by atoms with Gasteiger partial charge in [-0.15, -0.1) is 0 Å². The fourth-order valence-electron chi connectivity index (χ4n) is 4.70. The number of imidazole rings is 1. The Balaban J connectivity index is 1.34. The van der Waals surface area contributed by atoms with Crippen molar-refractivity contribution in [3.8, 4) is 17.0 Å². The van der Waals surface area contributed by atoms with Crippen molar-refractivity contribution in [1.82, 2.24) is 24.3 Å². The number of hydrogen-bond donors (Lipinski definition) is 1. The van der Waals surface area contributed by atoms with Gasteiger partial charge in [0.2, 0.25) is 5.95 Å². The molecule has 0 aliphatic carbocycles. The van der Waals surface area contributed by atoms with E-state index in [0.29, 0.717) is 41.6 Å². The van der Waals surface area contributed by atoms with Crippen molar-refractivity contribution < 1.29 is 19.0 Å². The maximum absolute atomic E-state index is 14.4. The summed E-state index contributed by atoms with van der Waals surface area (Å²) < 4.78 is 21.8. The number of rotatable bonds is 4. The number of hydrogen-bond acceptors (Lipinski definition) is 8. The van der Waals surface area contributed by atoms with Crippen LogP contribution in [0.25, 0.3) is 16.9 Å². The molecular weight excluding hydrogens is 465 g/mol. The van der Waals surface area contributed by atoms with Crippen LogP contribution in [0.1, 0.15) is 25.2 Å². The number of ether oxygens (including phenoxy) is 1. The predicted molar refractivity (Wildman–Crippen MR) is 129 cm³/mol. The highest BCUT2D eigenvalue weighted by Gasteiger charge is 2.38. The Hall–Kier alpha value is -4.12. The lowest BCUT2D eigenvalue weighted by Gasteiger charge is -2.44. The number of fused-ring (bicyclic) bond motifs is 2. The van der Waals surface area contributed by atoms with Gasteiger partial charge in [0, 0.05) is 24.2 Å². The van der Waals surface area contributed by atoms with Crippen molar-refractivity contribution in [2.75, 3.05) is 22.9 Å². The minimum absolute atomic E-state index is 0.0689. The summed E-state index contributed by atoms with van der Waals surface area (Å²) in [5.74, 6) is -0.148. The number of aryl methyl sites for hydroxylation is 1. The van der Waals surface area contributed by atoms with Crippen LogP contribution in [-0.4, -0.2) is 60.1 Å². The van der Waals surface area contributed by atoms with Gasteiger partial charge in [-0.05, 0) is 32.9 Å². The van der Waals surface area contributed by atoms with Crippen LogP contribution in [0.2, 0.25) is 0 Å². The smallest absolute Gasteiger partial charge is 0.268 e. The summed E-state index contributed by atoms with van der Waals surface area (Å²) in [4.78, 5) is 34.4. The molecular formula is C25H24FN7O3. The Kier molecular flexibility index (Phi) is 4.94. The molecule has 4 aromatic rings. The van der Waals surface area contributed by atoms with Crippen molar-refractivity contribution in [2.45, 2.75) is 39.0 Å². The number of β-amino-alcohol motifs (C(OH)–C–C–N with tert-alkyl or cyclic N) is 1. The second kappa shape index (κ2) is 7.95. The molecule has 5 heterocycles. The van der Waals surface area contributed by atoms with Gasteiger partial charge in [-0.25, -0.2) is 19.3 Å². The standard InChI is InChI=1S/C25H24FN7O3/c1-14-20(11-33-19-6-4-5-17(26)22(19)36-15(2)23(33)34)32-10-18(27-9-21(32)30-14)16-7-28-24(29-8-16)31-12-25(3,35)13-31/h4-10,15,35H,11-13H2,1-3H3/t15-/m1/s1. The van der Waals surface area contributed by atoms with E-state index >= 15 is 0 Å². The molecule has 0 radical (unpaired) electrons. The van der Waals surface area contributed by atoms with E-state index < -0.39 is 17.5 Å². The summed E-state index contributed by atoms with van der Waals surface area (Å²) in [6.45, 7) is 6.41. The molecule has 1 saturated heterocycles. The SMILES string of the molecule is Cc1nc2cnc(-c3cnc(N4CC(C)(O)C4)nc3)cn2c1CN1C(=O)[C@@H](C)Oc2c(F)cccc21. The highest BCUT2D eigenvalue weighted by molar-refractivity contribution is 5.99. The first-order valence-corrected chi connectivity index (χ1v) is 11.6. The van der Waals surface area contributed by atoms with E-state index in [1.807, 2.05) is 22.4 Å². The first-order chi connectivity index (χ1) is 17.2. The molecule has 11 heteroatoms. The molecule has 36 heavy (non-hydrogen) atoms. The van der Waals surface area contributed by atoms with Crippen molar-refractivity contribution in [3.63, 3.8) is 0 Å². The number of halogens is 1. The summed E-state index contributed by atoms with van der Waals surface area (Å²) in [6.07, 6.45) is 6.07. The van der Waals surface area contributed by atoms with E-state index in [4.69, 9.17) is 4.74 Å². The van der Waals surface area contributed by atoms with E-state index in [-0.39, 0.29) is 18.2 Å². The van der Waals surface area contributed by atoms with Gasteiger partial charge in [0.25, 0.3) is 5.91 Å². The van der Waals surface area contributed by atoms with Crippen LogP contribution >= 0.6 is 0 Å². The maximum Gasteiger partial charge on any atom is 0.268 e. The summed E-state index contributed by atoms with van der Waals surface area (Å²) in [5, 5.41) is 9.96. The maximum atomic E-state index is 14.4. The van der Waals surface area contributed by atoms with Gasteiger partial charge < -0.3 is 14.7 Å². The Bertz CT molecular complexity index is 1490. The molecule has 1 atom stereocenters. The third-order valence-corrected chi connectivity index (χ3v) is 6.54. The van der Waals surface area contributed by atoms with E-state index in [1.54, 1.807) is 44.6 Å². The normalized spacial score (nSPS) is 18.7. The number of anilines is 2. The molecule has 1 fully saturated rings. The Morgan fingerprint density at radius 3 is 2.67 bits per heavy atom. The zero-order valence-electron chi connectivity index (χ0n) is 20.0. The fourth-order valence-corrected chi connectivity index (χ4v) is 4.70. The molecule has 0 saturated carbocycles. The number of benzene rings is 1. The first kappa shape index (κ1) is 22.4. The number of nitrogens with zero attached hydrogens (tertiary/aromatic N) is 7. The van der Waals surface area contributed by atoms with Gasteiger partial charge in [-0.2, -0.15) is 0 Å². The van der Waals surface area contributed by atoms with Crippen LogP contribution in [0, 0.1) is 12.7 Å². The summed E-state index contributed by atoms with van der Waals surface area (Å²) in [6, 6.07) is 4.54. The summed E-state index contributed by atoms with van der Waals surface area (Å²) in [5.41, 5.74) is 3.15. The second-order valence-corrected chi connectivity index (χ2v) is 9.54. The first-order valence-electron chi connectivity index (χ1n) is 11.6. The van der Waals surface area contributed by atoms with Gasteiger partial charge in [0.15, 0.2) is 23.3 Å². The lowest BCUT2D eigenvalue weighted by Crippen LogP contribution is -2.60. The number of aromatic nitrogens is 5. The lowest BCUT2D eigenvalue weighted by molar-refractivity contribution is -0.125. The third-order valence-electron chi connectivity index (χ3n) is 6.54. The van der Waals surface area contributed by atoms with Crippen molar-refractivity contribution in [1.29, 1.82) is 0 Å². The van der Waals surface area contributed by atoms with Gasteiger partial charge in [0.05, 0.1) is 54.2 Å². The second-order valence-electron chi connectivity index (χ2n) is 9.54. The molecule has 0 unspecified atom stereocenters. The molecule has 0 bridgehead atoms. The average molecular weight is 490 g/mol. The van der Waals surface area contributed by atoms with Crippen LogP contribution in [0.3, 0.4) is 0 Å². The Morgan fingerprint density at radius 2 is 1.94 bits per heavy atom. The molecule has 1 aromatic carbocycles. The van der Waals surface area contributed by atoms with Crippen LogP contribution in [0.4, 0.5) is 16.0 Å². The summed E-state index contributed by atoms with van der Waals surface area (Å²) in [7, 11) is 0. The highest BCUT2D eigenvalue weighted by Crippen LogP contribution is 2.37. The minimum Gasteiger partial charge on any atom is -0.476 e. The number of carbonyl (C=O) groups excluding carboxylic acids is 1. The van der Waals surface area contributed by atoms with Crippen molar-refractivity contribution in [2.24, 2.45) is 0 Å². The Labute approximate surface area is 206 Å². The third kappa shape index (κ3) is 3.63. The molecule has 6 rings (SSSR count). The molecule has 2 aliphatic rings. The van der Waals surface area contributed by atoms with Gasteiger partial charge >= 0.3 is 0 Å². The lowest BCUT2D eigenvalue weighted by atomic mass is 9.98. The molecule has 10 nitrogen and oxygen atoms in total. The zero-order valence-corrected chi connectivity index (χ0v) is 20.0. The largest absolute Gasteiger partial charge is 0.476 e. The zero-order chi connectivity index (χ0) is 25.2. The topological polar surface area (TPSA) is 109 Å². The summed E-state index contributed by atoms with van der Waals surface area (Å²) >= 11 is 0. The van der Waals surface area contributed by atoms with E-state index in [1.165, 1.54) is 11.0 Å². The number of para-hydroxylation sites is 1. The van der Waals surface area contributed by atoms with E-state index in [0.717, 1.165) is 11.4 Å². The van der Waals surface area contributed by atoms with Crippen LogP contribution in [0.5, 0.6) is 5.75 Å². The molecule has 1 N–H and O–H groups in total. The van der Waals surface area contributed by atoms with E-state index in [2.05, 4.69) is 19.9 Å². The van der Waals surface area contributed by atoms with Crippen LogP contribution in [-0.2, 0) is 11.3 Å². The van der Waals surface area contributed by atoms with Gasteiger partial charge in [-0.1, -0.05) is 6.07 Å². The van der Waals surface area contributed by atoms with Gasteiger partial charge in [-0.3, -0.25) is 19.1 Å². The quantitative estimate of drug-likeness (QED) is 0.466. The van der Waals surface area contributed by atoms with Gasteiger partial charge in [0.1, 0.15) is 0 Å². The van der Waals surface area contributed by atoms with Crippen molar-refractivity contribution in [3.05, 3.63) is 60.2 Å². The molecule has 3 aromatic heterocycles. The fraction of sp³-hybridized carbons (Fsp3) is 0.320. The molecule has 1 amide bonds. The van der Waals surface area contributed by atoms with Crippen LogP contribution in [0.15, 0.2) is 43.0 Å². The predicted octanol–water partition coefficient (Wildman–Crippen LogP) is 2.52. The highest BCUT2D eigenvalue weighted by atomic mass is 19.1.